The van der Waals surface area contributed by atoms with Crippen molar-refractivity contribution in [1.29, 1.82) is 0 Å². The molecule has 0 heterocycles. The molecule has 1 nitrogen and oxygen atoms in total. The summed E-state index contributed by atoms with van der Waals surface area (Å²) in [6.07, 6.45) is -0.0463. The van der Waals surface area contributed by atoms with E-state index in [9.17, 15) is 5.11 Å². The minimum absolute atomic E-state index is 0.511. The zero-order valence-electron chi connectivity index (χ0n) is 11.3. The first-order valence-corrected chi connectivity index (χ1v) is 7.82. The van der Waals surface area contributed by atoms with Gasteiger partial charge in [-0.2, -0.15) is 0 Å². The molecule has 4 heteroatoms. The Hall–Kier alpha value is -0.540. The van der Waals surface area contributed by atoms with Gasteiger partial charge in [0.25, 0.3) is 0 Å². The first kappa shape index (κ1) is 15.8. The van der Waals surface area contributed by atoms with Crippen molar-refractivity contribution in [2.45, 2.75) is 26.4 Å². The summed E-state index contributed by atoms with van der Waals surface area (Å²) >= 11 is 15.4. The molecule has 1 N–H and O–H groups in total. The maximum atomic E-state index is 10.4. The smallest absolute Gasteiger partial charge is 0.0830 e. The fourth-order valence-corrected chi connectivity index (χ4v) is 2.73. The maximum absolute atomic E-state index is 10.4. The summed E-state index contributed by atoms with van der Waals surface area (Å²) < 4.78 is 1.09. The molecule has 0 saturated heterocycles. The van der Waals surface area contributed by atoms with Crippen LogP contribution in [0.2, 0.25) is 10.0 Å². The molecular formula is C16H15BrCl2O. The molecule has 20 heavy (non-hydrogen) atoms. The minimum atomic E-state index is -0.558. The standard InChI is InChI=1S/C16H15BrCl2O/c1-9-5-12(6-10(2)16(9)17)15(20)8-11-3-4-13(18)14(19)7-11/h3-7,15,20H,8H2,1-2H3. The average Bonchev–Trinajstić information content (AvgIpc) is 2.39. The van der Waals surface area contributed by atoms with Gasteiger partial charge in [-0.1, -0.05) is 57.3 Å². The van der Waals surface area contributed by atoms with Crippen LogP contribution in [0.5, 0.6) is 0 Å². The van der Waals surface area contributed by atoms with E-state index in [0.29, 0.717) is 16.5 Å². The lowest BCUT2D eigenvalue weighted by Gasteiger charge is -2.14. The highest BCUT2D eigenvalue weighted by atomic mass is 79.9. The lowest BCUT2D eigenvalue weighted by molar-refractivity contribution is 0.178. The van der Waals surface area contributed by atoms with Crippen molar-refractivity contribution in [3.05, 3.63) is 67.1 Å². The van der Waals surface area contributed by atoms with Gasteiger partial charge in [0, 0.05) is 10.9 Å². The van der Waals surface area contributed by atoms with E-state index in [2.05, 4.69) is 15.9 Å². The molecule has 2 aromatic rings. The van der Waals surface area contributed by atoms with E-state index >= 15 is 0 Å². The molecule has 0 aliphatic carbocycles. The summed E-state index contributed by atoms with van der Waals surface area (Å²) in [6.45, 7) is 4.04. The molecule has 0 bridgehead atoms. The van der Waals surface area contributed by atoms with Gasteiger partial charge in [0.2, 0.25) is 0 Å². The van der Waals surface area contributed by atoms with Crippen LogP contribution in [0.25, 0.3) is 0 Å². The summed E-state index contributed by atoms with van der Waals surface area (Å²) in [7, 11) is 0. The van der Waals surface area contributed by atoms with Crippen molar-refractivity contribution in [1.82, 2.24) is 0 Å². The highest BCUT2D eigenvalue weighted by Gasteiger charge is 2.12. The number of hydrogen-bond donors (Lipinski definition) is 1. The van der Waals surface area contributed by atoms with Crippen LogP contribution >= 0.6 is 39.1 Å². The highest BCUT2D eigenvalue weighted by molar-refractivity contribution is 9.10. The topological polar surface area (TPSA) is 20.2 Å². The first-order valence-electron chi connectivity index (χ1n) is 6.27. The van der Waals surface area contributed by atoms with E-state index in [-0.39, 0.29) is 0 Å². The molecule has 0 fully saturated rings. The Morgan fingerprint density at radius 1 is 1.05 bits per heavy atom. The van der Waals surface area contributed by atoms with Gasteiger partial charge in [0.15, 0.2) is 0 Å². The molecule has 0 aromatic heterocycles. The van der Waals surface area contributed by atoms with E-state index in [1.54, 1.807) is 12.1 Å². The van der Waals surface area contributed by atoms with Gasteiger partial charge in [0.05, 0.1) is 16.1 Å². The van der Waals surface area contributed by atoms with Gasteiger partial charge >= 0.3 is 0 Å². The van der Waals surface area contributed by atoms with Gasteiger partial charge < -0.3 is 5.11 Å². The van der Waals surface area contributed by atoms with Crippen molar-refractivity contribution in [3.63, 3.8) is 0 Å². The molecule has 106 valence electrons. The zero-order valence-corrected chi connectivity index (χ0v) is 14.4. The third-order valence-corrected chi connectivity index (χ3v) is 5.25. The van der Waals surface area contributed by atoms with Crippen molar-refractivity contribution < 1.29 is 5.11 Å². The quantitative estimate of drug-likeness (QED) is 0.736. The number of halogens is 3. The van der Waals surface area contributed by atoms with Crippen LogP contribution in [0.15, 0.2) is 34.8 Å². The molecule has 1 unspecified atom stereocenters. The van der Waals surface area contributed by atoms with Gasteiger partial charge in [-0.05, 0) is 48.2 Å². The van der Waals surface area contributed by atoms with E-state index in [0.717, 1.165) is 26.7 Å². The molecule has 2 rings (SSSR count). The molecule has 0 spiro atoms. The summed E-state index contributed by atoms with van der Waals surface area (Å²) in [4.78, 5) is 0. The van der Waals surface area contributed by atoms with Crippen LogP contribution in [-0.4, -0.2) is 5.11 Å². The summed E-state index contributed by atoms with van der Waals surface area (Å²) in [5.41, 5.74) is 4.11. The number of aliphatic hydroxyl groups excluding tert-OH is 1. The maximum Gasteiger partial charge on any atom is 0.0830 e. The number of hydrogen-bond acceptors (Lipinski definition) is 1. The summed E-state index contributed by atoms with van der Waals surface area (Å²) in [6, 6.07) is 9.43. The fraction of sp³-hybridized carbons (Fsp3) is 0.250. The number of aliphatic hydroxyl groups is 1. The monoisotopic (exact) mass is 372 g/mol. The van der Waals surface area contributed by atoms with Gasteiger partial charge in [0.1, 0.15) is 0 Å². The third-order valence-electron chi connectivity index (χ3n) is 3.26. The lowest BCUT2D eigenvalue weighted by atomic mass is 9.98. The van der Waals surface area contributed by atoms with Crippen molar-refractivity contribution in [3.8, 4) is 0 Å². The average molecular weight is 374 g/mol. The second kappa shape index (κ2) is 6.48. The predicted molar refractivity (Wildman–Crippen MR) is 88.7 cm³/mol. The zero-order chi connectivity index (χ0) is 14.9. The van der Waals surface area contributed by atoms with Gasteiger partial charge in [-0.15, -0.1) is 0 Å². The third kappa shape index (κ3) is 3.56. The SMILES string of the molecule is Cc1cc(C(O)Cc2ccc(Cl)c(Cl)c2)cc(C)c1Br. The Balaban J connectivity index is 2.23. The Kier molecular flexibility index (Phi) is 5.14. The highest BCUT2D eigenvalue weighted by Crippen LogP contribution is 2.29. The molecule has 0 aliphatic rings. The van der Waals surface area contributed by atoms with Crippen LogP contribution in [0.1, 0.15) is 28.4 Å². The second-order valence-corrected chi connectivity index (χ2v) is 6.54. The van der Waals surface area contributed by atoms with Gasteiger partial charge in [-0.3, -0.25) is 0 Å². The van der Waals surface area contributed by atoms with E-state index in [1.807, 2.05) is 32.0 Å². The minimum Gasteiger partial charge on any atom is -0.388 e. The van der Waals surface area contributed by atoms with Crippen LogP contribution in [-0.2, 0) is 6.42 Å². The predicted octanol–water partition coefficient (Wildman–Crippen LogP) is 5.65. The van der Waals surface area contributed by atoms with Crippen LogP contribution < -0.4 is 0 Å². The largest absolute Gasteiger partial charge is 0.388 e. The molecule has 0 amide bonds. The van der Waals surface area contributed by atoms with Gasteiger partial charge in [-0.25, -0.2) is 0 Å². The van der Waals surface area contributed by atoms with E-state index < -0.39 is 6.10 Å². The Morgan fingerprint density at radius 3 is 2.20 bits per heavy atom. The molecule has 0 saturated carbocycles. The molecule has 1 atom stereocenters. The van der Waals surface area contributed by atoms with Crippen LogP contribution in [0, 0.1) is 13.8 Å². The Morgan fingerprint density at radius 2 is 1.65 bits per heavy atom. The summed E-state index contributed by atoms with van der Waals surface area (Å²) in [5, 5.41) is 11.4. The molecular weight excluding hydrogens is 359 g/mol. The normalized spacial score (nSPS) is 12.5. The van der Waals surface area contributed by atoms with Crippen molar-refractivity contribution in [2.24, 2.45) is 0 Å². The van der Waals surface area contributed by atoms with Crippen LogP contribution in [0.4, 0.5) is 0 Å². The van der Waals surface area contributed by atoms with E-state index in [4.69, 9.17) is 23.2 Å². The Bertz CT molecular complexity index is 617. The lowest BCUT2D eigenvalue weighted by Crippen LogP contribution is -2.03. The van der Waals surface area contributed by atoms with Crippen molar-refractivity contribution >= 4 is 39.1 Å². The first-order chi connectivity index (χ1) is 9.38. The molecule has 2 aromatic carbocycles. The molecule has 0 radical (unpaired) electrons. The van der Waals surface area contributed by atoms with Crippen molar-refractivity contribution in [2.75, 3.05) is 0 Å². The van der Waals surface area contributed by atoms with Crippen LogP contribution in [0.3, 0.4) is 0 Å². The van der Waals surface area contributed by atoms with E-state index in [1.165, 1.54) is 0 Å². The fourth-order valence-electron chi connectivity index (χ4n) is 2.18. The summed E-state index contributed by atoms with van der Waals surface area (Å²) in [5.74, 6) is 0. The number of aryl methyl sites for hydroxylation is 2. The number of benzene rings is 2. The second-order valence-electron chi connectivity index (χ2n) is 4.94. The Labute approximate surface area is 137 Å². The molecule has 0 aliphatic heterocycles. The number of rotatable bonds is 3.